The summed E-state index contributed by atoms with van der Waals surface area (Å²) in [6.45, 7) is 1.50. The zero-order chi connectivity index (χ0) is 23.2. The van der Waals surface area contributed by atoms with E-state index in [1.54, 1.807) is 14.2 Å². The summed E-state index contributed by atoms with van der Waals surface area (Å²) in [4.78, 5) is 0. The number of rotatable bonds is 15. The van der Waals surface area contributed by atoms with Gasteiger partial charge in [-0.3, -0.25) is 0 Å². The van der Waals surface area contributed by atoms with Crippen molar-refractivity contribution in [1.29, 1.82) is 0 Å². The van der Waals surface area contributed by atoms with E-state index in [1.807, 2.05) is 0 Å². The van der Waals surface area contributed by atoms with Crippen LogP contribution in [0.1, 0.15) is 61.6 Å². The van der Waals surface area contributed by atoms with Crippen LogP contribution in [-0.4, -0.2) is 33.6 Å². The predicted molar refractivity (Wildman–Crippen MR) is 125 cm³/mol. The van der Waals surface area contributed by atoms with Gasteiger partial charge in [-0.25, -0.2) is 0 Å². The van der Waals surface area contributed by atoms with Gasteiger partial charge in [0.1, 0.15) is 0 Å². The fraction of sp³-hybridized carbons (Fsp3) is 0.556. The molecular formula is C27H37F3O2. The van der Waals surface area contributed by atoms with Gasteiger partial charge in [0.05, 0.1) is 0 Å². The van der Waals surface area contributed by atoms with Crippen LogP contribution >= 0.6 is 0 Å². The van der Waals surface area contributed by atoms with Crippen LogP contribution in [0, 0.1) is 0 Å². The van der Waals surface area contributed by atoms with E-state index >= 15 is 0 Å². The molecule has 0 spiro atoms. The molecule has 0 radical (unpaired) electrons. The first kappa shape index (κ1) is 26.4. The highest BCUT2D eigenvalue weighted by molar-refractivity contribution is 5.68. The summed E-state index contributed by atoms with van der Waals surface area (Å²) < 4.78 is 47.3. The molecule has 0 unspecified atom stereocenters. The van der Waals surface area contributed by atoms with Crippen LogP contribution in [0.4, 0.5) is 13.2 Å². The molecule has 0 atom stereocenters. The van der Waals surface area contributed by atoms with Crippen LogP contribution < -0.4 is 0 Å². The van der Waals surface area contributed by atoms with Crippen molar-refractivity contribution in [2.75, 3.05) is 27.4 Å². The Kier molecular flexibility index (Phi) is 11.8. The number of methoxy groups -OCH3 is 2. The number of unbranched alkanes of at least 4 members (excludes halogenated alkanes) is 3. The van der Waals surface area contributed by atoms with E-state index in [1.165, 1.54) is 27.8 Å². The van der Waals surface area contributed by atoms with Crippen molar-refractivity contribution in [2.24, 2.45) is 0 Å². The first-order chi connectivity index (χ1) is 15.4. The van der Waals surface area contributed by atoms with Gasteiger partial charge in [0.2, 0.25) is 0 Å². The largest absolute Gasteiger partial charge is 0.389 e. The number of ether oxygens (including phenoxy) is 2. The molecule has 2 nitrogen and oxygen atoms in total. The summed E-state index contributed by atoms with van der Waals surface area (Å²) in [6.07, 6.45) is 2.68. The summed E-state index contributed by atoms with van der Waals surface area (Å²) in [6, 6.07) is 15.4. The van der Waals surface area contributed by atoms with Gasteiger partial charge in [0, 0.05) is 33.9 Å². The molecule has 0 amide bonds. The Bertz CT molecular complexity index is 769. The third-order valence-corrected chi connectivity index (χ3v) is 5.72. The average molecular weight is 451 g/mol. The number of alkyl halides is 3. The molecule has 178 valence electrons. The summed E-state index contributed by atoms with van der Waals surface area (Å²) in [7, 11) is 3.44. The van der Waals surface area contributed by atoms with E-state index in [9.17, 15) is 13.2 Å². The second-order valence-corrected chi connectivity index (χ2v) is 8.41. The number of benzene rings is 2. The summed E-state index contributed by atoms with van der Waals surface area (Å²) in [5.74, 6) is 0. The molecule has 0 aliphatic heterocycles. The maximum absolute atomic E-state index is 12.3. The minimum atomic E-state index is -4.04. The second-order valence-electron chi connectivity index (χ2n) is 8.41. The molecule has 0 aliphatic rings. The molecule has 0 N–H and O–H groups in total. The molecule has 0 bridgehead atoms. The van der Waals surface area contributed by atoms with Gasteiger partial charge in [-0.1, -0.05) is 55.3 Å². The van der Waals surface area contributed by atoms with E-state index in [4.69, 9.17) is 9.47 Å². The molecule has 0 fully saturated rings. The number of hydrogen-bond acceptors (Lipinski definition) is 2. The minimum absolute atomic E-state index is 0.220. The molecule has 32 heavy (non-hydrogen) atoms. The van der Waals surface area contributed by atoms with Gasteiger partial charge < -0.3 is 9.47 Å². The normalized spacial score (nSPS) is 11.8. The van der Waals surface area contributed by atoms with Crippen LogP contribution in [0.15, 0.2) is 42.5 Å². The molecular weight excluding hydrogens is 413 g/mol. The first-order valence-corrected chi connectivity index (χ1v) is 11.7. The Labute approximate surface area is 191 Å². The number of hydrogen-bond donors (Lipinski definition) is 0. The lowest BCUT2D eigenvalue weighted by Gasteiger charge is -2.14. The fourth-order valence-corrected chi connectivity index (χ4v) is 3.98. The minimum Gasteiger partial charge on any atom is -0.385 e. The van der Waals surface area contributed by atoms with Crippen molar-refractivity contribution in [1.82, 2.24) is 0 Å². The lowest BCUT2D eigenvalue weighted by Crippen LogP contribution is -2.06. The smallest absolute Gasteiger partial charge is 0.385 e. The Balaban J connectivity index is 2.04. The van der Waals surface area contributed by atoms with Crippen LogP contribution in [0.5, 0.6) is 0 Å². The van der Waals surface area contributed by atoms with Gasteiger partial charge in [0.25, 0.3) is 0 Å². The van der Waals surface area contributed by atoms with Crippen LogP contribution in [-0.2, 0) is 28.7 Å². The van der Waals surface area contributed by atoms with Gasteiger partial charge >= 0.3 is 6.18 Å². The Morgan fingerprint density at radius 3 is 1.88 bits per heavy atom. The molecule has 5 heteroatoms. The summed E-state index contributed by atoms with van der Waals surface area (Å²) in [5.41, 5.74) is 6.28. The lowest BCUT2D eigenvalue weighted by molar-refractivity contribution is -0.135. The molecule has 0 heterocycles. The van der Waals surface area contributed by atoms with Crippen LogP contribution in [0.25, 0.3) is 11.1 Å². The Morgan fingerprint density at radius 1 is 0.656 bits per heavy atom. The average Bonchev–Trinajstić information content (AvgIpc) is 2.76. The van der Waals surface area contributed by atoms with Crippen molar-refractivity contribution in [3.63, 3.8) is 0 Å². The fourth-order valence-electron chi connectivity index (χ4n) is 3.98. The van der Waals surface area contributed by atoms with Gasteiger partial charge in [-0.15, -0.1) is 0 Å². The maximum atomic E-state index is 12.3. The number of aryl methyl sites for hydroxylation is 3. The van der Waals surface area contributed by atoms with Crippen molar-refractivity contribution in [3.8, 4) is 11.1 Å². The number of halogens is 3. The monoisotopic (exact) mass is 450 g/mol. The molecule has 0 saturated heterocycles. The summed E-state index contributed by atoms with van der Waals surface area (Å²) >= 11 is 0. The van der Waals surface area contributed by atoms with Gasteiger partial charge in [-0.2, -0.15) is 13.2 Å². The quantitative estimate of drug-likeness (QED) is 0.261. The second kappa shape index (κ2) is 14.3. The highest BCUT2D eigenvalue weighted by Gasteiger charge is 2.25. The van der Waals surface area contributed by atoms with E-state index < -0.39 is 12.6 Å². The Hall–Kier alpha value is -1.85. The Morgan fingerprint density at radius 2 is 1.25 bits per heavy atom. The van der Waals surface area contributed by atoms with Crippen LogP contribution in [0.3, 0.4) is 0 Å². The van der Waals surface area contributed by atoms with E-state index in [-0.39, 0.29) is 6.42 Å². The third-order valence-electron chi connectivity index (χ3n) is 5.72. The van der Waals surface area contributed by atoms with Crippen molar-refractivity contribution in [2.45, 2.75) is 70.4 Å². The molecule has 2 rings (SSSR count). The van der Waals surface area contributed by atoms with E-state index in [2.05, 4.69) is 42.5 Å². The van der Waals surface area contributed by atoms with E-state index in [0.29, 0.717) is 6.42 Å². The van der Waals surface area contributed by atoms with Crippen molar-refractivity contribution < 1.29 is 22.6 Å². The molecule has 2 aromatic rings. The molecule has 2 aromatic carbocycles. The topological polar surface area (TPSA) is 18.5 Å². The van der Waals surface area contributed by atoms with Crippen molar-refractivity contribution in [3.05, 3.63) is 59.2 Å². The van der Waals surface area contributed by atoms with E-state index in [0.717, 1.165) is 58.2 Å². The molecule has 0 aliphatic carbocycles. The standard InChI is InChI=1S/C27H37F3O2/c1-31-19-7-9-22-12-15-24(16-13-22)26-17-14-23(10-8-20-32-2)21-25(26)11-5-3-4-6-18-27(28,29)30/h12-17,21H,3-11,18-20H2,1-2H3. The first-order valence-electron chi connectivity index (χ1n) is 11.7. The van der Waals surface area contributed by atoms with Gasteiger partial charge in [0.15, 0.2) is 0 Å². The van der Waals surface area contributed by atoms with Crippen molar-refractivity contribution >= 4 is 0 Å². The highest BCUT2D eigenvalue weighted by Crippen LogP contribution is 2.28. The zero-order valence-electron chi connectivity index (χ0n) is 19.5. The summed E-state index contributed by atoms with van der Waals surface area (Å²) in [5, 5.41) is 0. The highest BCUT2D eigenvalue weighted by atomic mass is 19.4. The maximum Gasteiger partial charge on any atom is 0.389 e. The zero-order valence-corrected chi connectivity index (χ0v) is 19.5. The SMILES string of the molecule is COCCCc1ccc(-c2ccc(CCCOC)cc2CCCCCCC(F)(F)F)cc1. The molecule has 0 saturated carbocycles. The predicted octanol–water partition coefficient (Wildman–Crippen LogP) is 7.57. The lowest BCUT2D eigenvalue weighted by atomic mass is 9.92. The third kappa shape index (κ3) is 10.2. The molecule has 0 aromatic heterocycles. The van der Waals surface area contributed by atoms with Crippen LogP contribution in [0.2, 0.25) is 0 Å². The van der Waals surface area contributed by atoms with Gasteiger partial charge in [-0.05, 0) is 72.8 Å².